The first-order valence-corrected chi connectivity index (χ1v) is 8.51. The molecule has 0 aliphatic heterocycles. The minimum absolute atomic E-state index is 0.288. The lowest BCUT2D eigenvalue weighted by Crippen LogP contribution is -2.27. The van der Waals surface area contributed by atoms with Crippen LogP contribution in [0.25, 0.3) is 0 Å². The first-order valence-electron chi connectivity index (χ1n) is 8.51. The van der Waals surface area contributed by atoms with Crippen molar-refractivity contribution in [1.82, 2.24) is 0 Å². The van der Waals surface area contributed by atoms with Crippen LogP contribution in [0.2, 0.25) is 0 Å². The maximum Gasteiger partial charge on any atom is 0.115 e. The number of hydrogen-bond donors (Lipinski definition) is 1. The molecule has 1 unspecified atom stereocenters. The minimum Gasteiger partial charge on any atom is -0.508 e. The number of rotatable bonds is 8. The molecule has 0 bridgehead atoms. The number of hydrogen-bond acceptors (Lipinski definition) is 1. The fraction of sp³-hybridized carbons (Fsp3) is 0.700. The average Bonchev–Trinajstić information content (AvgIpc) is 2.37. The SMILES string of the molecule is CCCC(C)(C)CC(c1ccc(O)cc1)C(C)(C)CCC. The molecule has 21 heavy (non-hydrogen) atoms. The molecule has 1 atom stereocenters. The molecule has 0 fully saturated rings. The van der Waals surface area contributed by atoms with Gasteiger partial charge < -0.3 is 5.11 Å². The van der Waals surface area contributed by atoms with Crippen LogP contribution in [0, 0.1) is 10.8 Å². The zero-order chi connectivity index (χ0) is 16.1. The van der Waals surface area contributed by atoms with Gasteiger partial charge in [0, 0.05) is 0 Å². The van der Waals surface area contributed by atoms with Crippen LogP contribution < -0.4 is 0 Å². The standard InChI is InChI=1S/C20H34O/c1-7-13-19(3,4)15-18(20(5,6)14-8-2)16-9-11-17(21)12-10-16/h9-12,18,21H,7-8,13-15H2,1-6H3. The fourth-order valence-corrected chi connectivity index (χ4v) is 3.70. The van der Waals surface area contributed by atoms with Crippen molar-refractivity contribution in [3.05, 3.63) is 29.8 Å². The molecule has 1 aromatic carbocycles. The molecule has 120 valence electrons. The van der Waals surface area contributed by atoms with Crippen molar-refractivity contribution < 1.29 is 5.11 Å². The van der Waals surface area contributed by atoms with Gasteiger partial charge in [0.2, 0.25) is 0 Å². The molecule has 1 N–H and O–H groups in total. The van der Waals surface area contributed by atoms with E-state index in [4.69, 9.17) is 0 Å². The van der Waals surface area contributed by atoms with Crippen molar-refractivity contribution in [2.45, 2.75) is 79.6 Å². The molecule has 0 spiro atoms. The van der Waals surface area contributed by atoms with E-state index in [0.717, 1.165) is 0 Å². The monoisotopic (exact) mass is 290 g/mol. The van der Waals surface area contributed by atoms with Crippen molar-refractivity contribution in [3.63, 3.8) is 0 Å². The van der Waals surface area contributed by atoms with Gasteiger partial charge in [-0.2, -0.15) is 0 Å². The third-order valence-corrected chi connectivity index (χ3v) is 4.82. The predicted molar refractivity (Wildman–Crippen MR) is 92.8 cm³/mol. The molecule has 1 aromatic rings. The van der Waals surface area contributed by atoms with Crippen molar-refractivity contribution in [1.29, 1.82) is 0 Å². The second-order valence-electron chi connectivity index (χ2n) is 8.00. The third kappa shape index (κ3) is 5.37. The Morgan fingerprint density at radius 3 is 1.90 bits per heavy atom. The van der Waals surface area contributed by atoms with Crippen LogP contribution in [0.4, 0.5) is 0 Å². The average molecular weight is 290 g/mol. The third-order valence-electron chi connectivity index (χ3n) is 4.82. The van der Waals surface area contributed by atoms with Gasteiger partial charge in [-0.25, -0.2) is 0 Å². The van der Waals surface area contributed by atoms with Gasteiger partial charge in [-0.1, -0.05) is 66.5 Å². The van der Waals surface area contributed by atoms with Gasteiger partial charge in [0.05, 0.1) is 0 Å². The quantitative estimate of drug-likeness (QED) is 0.578. The molecule has 0 amide bonds. The largest absolute Gasteiger partial charge is 0.508 e. The summed E-state index contributed by atoms with van der Waals surface area (Å²) in [6.45, 7) is 14.1. The highest BCUT2D eigenvalue weighted by atomic mass is 16.3. The molecule has 0 saturated carbocycles. The summed E-state index contributed by atoms with van der Waals surface area (Å²) < 4.78 is 0. The van der Waals surface area contributed by atoms with E-state index in [1.54, 1.807) is 0 Å². The Labute approximate surface area is 131 Å². The van der Waals surface area contributed by atoms with Gasteiger partial charge in [-0.15, -0.1) is 0 Å². The predicted octanol–water partition coefficient (Wildman–Crippen LogP) is 6.52. The lowest BCUT2D eigenvalue weighted by Gasteiger charge is -2.40. The Balaban J connectivity index is 3.08. The van der Waals surface area contributed by atoms with Crippen LogP contribution in [0.5, 0.6) is 5.75 Å². The van der Waals surface area contributed by atoms with Crippen molar-refractivity contribution in [2.75, 3.05) is 0 Å². The Bertz CT molecular complexity index is 414. The van der Waals surface area contributed by atoms with Crippen molar-refractivity contribution in [3.8, 4) is 5.75 Å². The Hall–Kier alpha value is -0.980. The molecule has 1 nitrogen and oxygen atoms in total. The highest BCUT2D eigenvalue weighted by Crippen LogP contribution is 2.47. The van der Waals surface area contributed by atoms with E-state index < -0.39 is 0 Å². The topological polar surface area (TPSA) is 20.2 Å². The second-order valence-corrected chi connectivity index (χ2v) is 8.00. The summed E-state index contributed by atoms with van der Waals surface area (Å²) in [4.78, 5) is 0. The van der Waals surface area contributed by atoms with Gasteiger partial charge in [-0.05, 0) is 53.7 Å². The lowest BCUT2D eigenvalue weighted by atomic mass is 9.65. The van der Waals surface area contributed by atoms with Crippen LogP contribution in [0.15, 0.2) is 24.3 Å². The minimum atomic E-state index is 0.288. The first kappa shape index (κ1) is 18.1. The number of aromatic hydroxyl groups is 1. The maximum absolute atomic E-state index is 9.56. The molecule has 1 heteroatoms. The molecule has 0 aliphatic carbocycles. The van der Waals surface area contributed by atoms with Gasteiger partial charge in [0.25, 0.3) is 0 Å². The molecule has 0 radical (unpaired) electrons. The first-order chi connectivity index (χ1) is 9.72. The Kier molecular flexibility index (Phi) is 6.31. The van der Waals surface area contributed by atoms with Crippen LogP contribution in [-0.4, -0.2) is 5.11 Å². The van der Waals surface area contributed by atoms with Crippen LogP contribution in [0.1, 0.15) is 85.1 Å². The van der Waals surface area contributed by atoms with E-state index >= 15 is 0 Å². The molecule has 0 heterocycles. The maximum atomic E-state index is 9.56. The Morgan fingerprint density at radius 2 is 1.43 bits per heavy atom. The zero-order valence-electron chi connectivity index (χ0n) is 14.9. The van der Waals surface area contributed by atoms with E-state index in [1.807, 2.05) is 12.1 Å². The van der Waals surface area contributed by atoms with Crippen LogP contribution >= 0.6 is 0 Å². The van der Waals surface area contributed by atoms with Gasteiger partial charge in [-0.3, -0.25) is 0 Å². The van der Waals surface area contributed by atoms with E-state index in [1.165, 1.54) is 37.7 Å². The van der Waals surface area contributed by atoms with Gasteiger partial charge >= 0.3 is 0 Å². The highest BCUT2D eigenvalue weighted by molar-refractivity contribution is 5.29. The highest BCUT2D eigenvalue weighted by Gasteiger charge is 2.34. The lowest BCUT2D eigenvalue weighted by molar-refractivity contribution is 0.176. The number of phenolic OH excluding ortho intramolecular Hbond substituents is 1. The van der Waals surface area contributed by atoms with Crippen LogP contribution in [0.3, 0.4) is 0 Å². The molecular weight excluding hydrogens is 256 g/mol. The molecule has 1 rings (SSSR count). The van der Waals surface area contributed by atoms with Gasteiger partial charge in [0.15, 0.2) is 0 Å². The van der Waals surface area contributed by atoms with E-state index in [2.05, 4.69) is 53.7 Å². The summed E-state index contributed by atoms with van der Waals surface area (Å²) in [7, 11) is 0. The number of benzene rings is 1. The summed E-state index contributed by atoms with van der Waals surface area (Å²) in [5.74, 6) is 0.901. The molecule has 0 aromatic heterocycles. The second kappa shape index (κ2) is 7.33. The fourth-order valence-electron chi connectivity index (χ4n) is 3.70. The number of phenols is 1. The van der Waals surface area contributed by atoms with Crippen molar-refractivity contribution in [2.24, 2.45) is 10.8 Å². The molecule has 0 saturated heterocycles. The van der Waals surface area contributed by atoms with E-state index in [-0.39, 0.29) is 5.41 Å². The van der Waals surface area contributed by atoms with E-state index in [9.17, 15) is 5.11 Å². The Morgan fingerprint density at radius 1 is 0.905 bits per heavy atom. The molecular formula is C20H34O. The van der Waals surface area contributed by atoms with Crippen molar-refractivity contribution >= 4 is 0 Å². The van der Waals surface area contributed by atoms with E-state index in [0.29, 0.717) is 17.1 Å². The summed E-state index contributed by atoms with van der Waals surface area (Å²) in [5.41, 5.74) is 2.02. The smallest absolute Gasteiger partial charge is 0.115 e. The zero-order valence-corrected chi connectivity index (χ0v) is 14.9. The summed E-state index contributed by atoms with van der Waals surface area (Å²) in [6.07, 6.45) is 6.17. The summed E-state index contributed by atoms with van der Waals surface area (Å²) in [6, 6.07) is 7.88. The molecule has 0 aliphatic rings. The normalized spacial score (nSPS) is 14.2. The van der Waals surface area contributed by atoms with Crippen LogP contribution in [-0.2, 0) is 0 Å². The summed E-state index contributed by atoms with van der Waals surface area (Å²) in [5, 5.41) is 9.56. The van der Waals surface area contributed by atoms with Gasteiger partial charge in [0.1, 0.15) is 5.75 Å². The summed E-state index contributed by atoms with van der Waals surface area (Å²) >= 11 is 0.